The Bertz CT molecular complexity index is 1020. The van der Waals surface area contributed by atoms with E-state index in [9.17, 15) is 9.90 Å². The molecule has 0 aliphatic heterocycles. The highest BCUT2D eigenvalue weighted by Gasteiger charge is 2.62. The van der Waals surface area contributed by atoms with Crippen molar-refractivity contribution in [3.8, 4) is 11.8 Å². The van der Waals surface area contributed by atoms with E-state index in [1.807, 2.05) is 26.1 Å². The summed E-state index contributed by atoms with van der Waals surface area (Å²) in [5.41, 5.74) is 5.37. The van der Waals surface area contributed by atoms with E-state index in [2.05, 4.69) is 35.9 Å². The van der Waals surface area contributed by atoms with Gasteiger partial charge in [0, 0.05) is 29.6 Å². The molecular weight excluding hydrogens is 370 g/mol. The van der Waals surface area contributed by atoms with E-state index in [1.54, 1.807) is 5.57 Å². The Kier molecular flexibility index (Phi) is 4.56. The minimum Gasteiger partial charge on any atom is -0.377 e. The zero-order chi connectivity index (χ0) is 21.1. The molecule has 1 N–H and O–H groups in total. The summed E-state index contributed by atoms with van der Waals surface area (Å²) in [7, 11) is 0. The first kappa shape index (κ1) is 19.8. The third-order valence-corrected chi connectivity index (χ3v) is 8.55. The third kappa shape index (κ3) is 2.77. The number of rotatable bonds is 1. The van der Waals surface area contributed by atoms with Gasteiger partial charge in [-0.15, -0.1) is 5.92 Å². The molecule has 2 fully saturated rings. The minimum atomic E-state index is -0.919. The largest absolute Gasteiger partial charge is 0.377 e. The Balaban J connectivity index is 1.69. The summed E-state index contributed by atoms with van der Waals surface area (Å²) < 4.78 is 0. The lowest BCUT2D eigenvalue weighted by Crippen LogP contribution is -2.51. The van der Waals surface area contributed by atoms with Crippen LogP contribution in [0.3, 0.4) is 0 Å². The fourth-order valence-electron chi connectivity index (χ4n) is 7.06. The third-order valence-electron chi connectivity index (χ3n) is 8.55. The van der Waals surface area contributed by atoms with Gasteiger partial charge in [-0.05, 0) is 93.1 Å². The SMILES string of the molecule is CC#C[C@]1(O)CC[C@H]2[C@@H]3CCC4=CC(=O)CCC4=C3[C@@H](c3ccc(C)nc3)C[C@@]21C. The van der Waals surface area contributed by atoms with E-state index in [0.717, 1.165) is 44.2 Å². The van der Waals surface area contributed by atoms with Crippen molar-refractivity contribution < 1.29 is 9.90 Å². The molecule has 1 aromatic heterocycles. The van der Waals surface area contributed by atoms with Gasteiger partial charge in [-0.1, -0.05) is 24.5 Å². The lowest BCUT2D eigenvalue weighted by atomic mass is 9.51. The average molecular weight is 402 g/mol. The van der Waals surface area contributed by atoms with Crippen molar-refractivity contribution in [3.63, 3.8) is 0 Å². The van der Waals surface area contributed by atoms with Crippen molar-refractivity contribution >= 4 is 5.78 Å². The number of aryl methyl sites for hydroxylation is 1. The first-order valence-corrected chi connectivity index (χ1v) is 11.4. The van der Waals surface area contributed by atoms with E-state index in [-0.39, 0.29) is 17.1 Å². The second kappa shape index (κ2) is 6.92. The Hall–Kier alpha value is -2.18. The first-order chi connectivity index (χ1) is 14.4. The summed E-state index contributed by atoms with van der Waals surface area (Å²) in [6, 6.07) is 4.31. The quantitative estimate of drug-likeness (QED) is 0.671. The van der Waals surface area contributed by atoms with Gasteiger partial charge in [-0.2, -0.15) is 0 Å². The van der Waals surface area contributed by atoms with Gasteiger partial charge >= 0.3 is 0 Å². The molecule has 2 saturated carbocycles. The van der Waals surface area contributed by atoms with Crippen LogP contribution in [0.15, 0.2) is 41.1 Å². The van der Waals surface area contributed by atoms with E-state index >= 15 is 0 Å². The molecule has 4 aliphatic carbocycles. The van der Waals surface area contributed by atoms with Gasteiger partial charge in [0.1, 0.15) is 5.60 Å². The summed E-state index contributed by atoms with van der Waals surface area (Å²) in [6.45, 7) is 6.14. The molecule has 4 aliphatic rings. The fraction of sp³-hybridized carbons (Fsp3) is 0.556. The molecule has 0 unspecified atom stereocenters. The first-order valence-electron chi connectivity index (χ1n) is 11.4. The van der Waals surface area contributed by atoms with Crippen LogP contribution in [-0.2, 0) is 4.79 Å². The molecule has 0 spiro atoms. The smallest absolute Gasteiger partial charge is 0.156 e. The van der Waals surface area contributed by atoms with Gasteiger partial charge in [0.25, 0.3) is 0 Å². The highest BCUT2D eigenvalue weighted by Crippen LogP contribution is 2.66. The van der Waals surface area contributed by atoms with E-state index in [4.69, 9.17) is 0 Å². The number of nitrogens with zero attached hydrogens (tertiary/aromatic N) is 1. The standard InChI is InChI=1S/C27H31NO2/c1-4-12-27(30)13-11-24-22-9-7-18-14-20(29)8-10-21(18)25(22)23(15-26(24,27)3)19-6-5-17(2)28-16-19/h5-6,14,16,22-24,30H,7-11,13,15H2,1-3H3/t22-,23+,24-,26-,27-/m0/s1. The van der Waals surface area contributed by atoms with Crippen LogP contribution >= 0.6 is 0 Å². The maximum Gasteiger partial charge on any atom is 0.156 e. The number of carbonyl (C=O) groups is 1. The molecule has 0 saturated heterocycles. The summed E-state index contributed by atoms with van der Waals surface area (Å²) in [6.07, 6.45) is 10.2. The molecule has 3 nitrogen and oxygen atoms in total. The lowest BCUT2D eigenvalue weighted by molar-refractivity contribution is -0.114. The molecule has 0 bridgehead atoms. The zero-order valence-electron chi connectivity index (χ0n) is 18.3. The minimum absolute atomic E-state index is 0.230. The molecule has 0 aromatic carbocycles. The van der Waals surface area contributed by atoms with Crippen LogP contribution in [0.5, 0.6) is 0 Å². The van der Waals surface area contributed by atoms with Gasteiger partial charge < -0.3 is 5.11 Å². The van der Waals surface area contributed by atoms with Crippen LogP contribution in [0.4, 0.5) is 0 Å². The van der Waals surface area contributed by atoms with Crippen molar-refractivity contribution in [2.45, 2.75) is 77.2 Å². The lowest BCUT2D eigenvalue weighted by Gasteiger charge is -2.53. The number of fused-ring (bicyclic) bond motifs is 4. The predicted octanol–water partition coefficient (Wildman–Crippen LogP) is 5.04. The van der Waals surface area contributed by atoms with Crippen LogP contribution in [0, 0.1) is 36.0 Å². The Morgan fingerprint density at radius 3 is 2.77 bits per heavy atom. The van der Waals surface area contributed by atoms with Crippen molar-refractivity contribution in [2.24, 2.45) is 17.3 Å². The fourth-order valence-corrected chi connectivity index (χ4v) is 7.06. The van der Waals surface area contributed by atoms with Crippen molar-refractivity contribution in [3.05, 3.63) is 52.4 Å². The normalized spacial score (nSPS) is 37.5. The summed E-state index contributed by atoms with van der Waals surface area (Å²) in [5.74, 6) is 7.65. The molecule has 30 heavy (non-hydrogen) atoms. The number of carbonyl (C=O) groups excluding carboxylic acids is 1. The van der Waals surface area contributed by atoms with E-state index < -0.39 is 5.60 Å². The molecule has 0 amide bonds. The maximum absolute atomic E-state index is 12.1. The maximum atomic E-state index is 12.1. The number of ketones is 1. The van der Waals surface area contributed by atoms with Crippen LogP contribution < -0.4 is 0 Å². The monoisotopic (exact) mass is 401 g/mol. The van der Waals surface area contributed by atoms with Crippen LogP contribution in [0.1, 0.15) is 76.0 Å². The zero-order valence-corrected chi connectivity index (χ0v) is 18.3. The molecule has 1 aromatic rings. The average Bonchev–Trinajstić information content (AvgIpc) is 2.98. The number of hydrogen-bond donors (Lipinski definition) is 1. The second-order valence-corrected chi connectivity index (χ2v) is 10.0. The van der Waals surface area contributed by atoms with Gasteiger partial charge in [0.05, 0.1) is 0 Å². The van der Waals surface area contributed by atoms with E-state index in [1.165, 1.54) is 16.7 Å². The highest BCUT2D eigenvalue weighted by molar-refractivity contribution is 5.93. The summed E-state index contributed by atoms with van der Waals surface area (Å²) >= 11 is 0. The van der Waals surface area contributed by atoms with Gasteiger partial charge in [0.15, 0.2) is 5.78 Å². The molecule has 5 rings (SSSR count). The molecule has 5 atom stereocenters. The molecule has 156 valence electrons. The number of aromatic nitrogens is 1. The summed E-state index contributed by atoms with van der Waals surface area (Å²) in [4.78, 5) is 16.7. The van der Waals surface area contributed by atoms with Crippen LogP contribution in [0.25, 0.3) is 0 Å². The second-order valence-electron chi connectivity index (χ2n) is 10.0. The number of aliphatic hydroxyl groups is 1. The van der Waals surface area contributed by atoms with Crippen molar-refractivity contribution in [2.75, 3.05) is 0 Å². The Labute approximate surface area is 179 Å². The highest BCUT2D eigenvalue weighted by atomic mass is 16.3. The Morgan fingerprint density at radius 1 is 1.20 bits per heavy atom. The number of hydrogen-bond acceptors (Lipinski definition) is 3. The molecule has 3 heteroatoms. The van der Waals surface area contributed by atoms with Gasteiger partial charge in [-0.3, -0.25) is 9.78 Å². The van der Waals surface area contributed by atoms with Crippen molar-refractivity contribution in [1.82, 2.24) is 4.98 Å². The van der Waals surface area contributed by atoms with Gasteiger partial charge in [-0.25, -0.2) is 0 Å². The summed E-state index contributed by atoms with van der Waals surface area (Å²) in [5, 5.41) is 11.7. The number of allylic oxidation sites excluding steroid dienone is 4. The van der Waals surface area contributed by atoms with Gasteiger partial charge in [0.2, 0.25) is 0 Å². The topological polar surface area (TPSA) is 50.2 Å². The molecule has 1 heterocycles. The van der Waals surface area contributed by atoms with Crippen LogP contribution in [0.2, 0.25) is 0 Å². The molecule has 0 radical (unpaired) electrons. The van der Waals surface area contributed by atoms with Crippen LogP contribution in [-0.4, -0.2) is 21.5 Å². The molecular formula is C27H31NO2. The predicted molar refractivity (Wildman–Crippen MR) is 118 cm³/mol. The van der Waals surface area contributed by atoms with Crippen molar-refractivity contribution in [1.29, 1.82) is 0 Å². The van der Waals surface area contributed by atoms with E-state index in [0.29, 0.717) is 18.3 Å². The Morgan fingerprint density at radius 2 is 2.03 bits per heavy atom. The number of pyridine rings is 1.